The van der Waals surface area contributed by atoms with Crippen LogP contribution in [-0.4, -0.2) is 19.0 Å². The first-order chi connectivity index (χ1) is 7.76. The number of halogens is 1. The van der Waals surface area contributed by atoms with Gasteiger partial charge in [-0.3, -0.25) is 5.43 Å². The molecule has 0 aliphatic heterocycles. The number of nitrogens with one attached hydrogen (secondary N) is 1. The maximum Gasteiger partial charge on any atom is 0.182 e. The number of nitriles is 1. The van der Waals surface area contributed by atoms with Gasteiger partial charge in [-0.2, -0.15) is 10.4 Å². The van der Waals surface area contributed by atoms with Crippen LogP contribution in [0.4, 0.5) is 10.1 Å². The fraction of sp³-hybridized carbons (Fsp3) is 0.100. The maximum atomic E-state index is 12.6. The molecule has 82 valence electrons. The lowest BCUT2D eigenvalue weighted by Crippen LogP contribution is -2.01. The lowest BCUT2D eigenvalue weighted by molar-refractivity contribution is 0.216. The van der Waals surface area contributed by atoms with Crippen molar-refractivity contribution in [2.75, 3.05) is 12.5 Å². The Hall–Kier alpha value is -2.42. The molecule has 0 saturated carbocycles. The number of rotatable bonds is 4. The van der Waals surface area contributed by atoms with E-state index < -0.39 is 0 Å². The normalized spacial score (nSPS) is 11.2. The second-order valence-corrected chi connectivity index (χ2v) is 2.64. The van der Waals surface area contributed by atoms with Crippen LogP contribution < -0.4 is 5.43 Å². The zero-order valence-electron chi connectivity index (χ0n) is 8.51. The van der Waals surface area contributed by atoms with Crippen molar-refractivity contribution in [2.24, 2.45) is 10.3 Å². The first-order valence-electron chi connectivity index (χ1n) is 4.32. The molecule has 0 aromatic heterocycles. The highest BCUT2D eigenvalue weighted by Gasteiger charge is 1.94. The van der Waals surface area contributed by atoms with Crippen molar-refractivity contribution in [1.82, 2.24) is 0 Å². The number of oxime groups is 1. The van der Waals surface area contributed by atoms with E-state index in [1.54, 1.807) is 6.07 Å². The summed E-state index contributed by atoms with van der Waals surface area (Å²) in [5.41, 5.74) is 3.20. The lowest BCUT2D eigenvalue weighted by atomic mass is 10.3. The SMILES string of the molecule is CO/N=C\C(C#N)=N/Nc1ccc(F)cc1. The standard InChI is InChI=1S/C10H9FN4O/c1-16-13-7-10(6-12)15-14-9-4-2-8(11)3-5-9/h2-5,7,14H,1H3/b13-7-,15-10-. The Morgan fingerprint density at radius 3 is 2.75 bits per heavy atom. The van der Waals surface area contributed by atoms with Gasteiger partial charge in [0.1, 0.15) is 25.2 Å². The molecule has 0 radical (unpaired) electrons. The van der Waals surface area contributed by atoms with Crippen molar-refractivity contribution in [3.05, 3.63) is 30.1 Å². The molecule has 1 aromatic carbocycles. The minimum absolute atomic E-state index is 0.0474. The van der Waals surface area contributed by atoms with Gasteiger partial charge >= 0.3 is 0 Å². The van der Waals surface area contributed by atoms with Gasteiger partial charge in [0.15, 0.2) is 5.71 Å². The van der Waals surface area contributed by atoms with Gasteiger partial charge in [-0.05, 0) is 24.3 Å². The Balaban J connectivity index is 2.67. The molecular weight excluding hydrogens is 211 g/mol. The molecule has 0 aliphatic carbocycles. The van der Waals surface area contributed by atoms with Gasteiger partial charge < -0.3 is 4.84 Å². The minimum atomic E-state index is -0.337. The molecule has 0 spiro atoms. The fourth-order valence-corrected chi connectivity index (χ4v) is 0.835. The predicted molar refractivity (Wildman–Crippen MR) is 58.6 cm³/mol. The summed E-state index contributed by atoms with van der Waals surface area (Å²) in [5, 5.41) is 15.8. The van der Waals surface area contributed by atoms with Crippen LogP contribution in [0.25, 0.3) is 0 Å². The van der Waals surface area contributed by atoms with Crippen molar-refractivity contribution < 1.29 is 9.23 Å². The summed E-state index contributed by atoms with van der Waals surface area (Å²) in [5.74, 6) is -0.337. The maximum absolute atomic E-state index is 12.6. The zero-order chi connectivity index (χ0) is 11.8. The van der Waals surface area contributed by atoms with Crippen LogP contribution in [0.2, 0.25) is 0 Å². The van der Waals surface area contributed by atoms with Gasteiger partial charge in [0.05, 0.1) is 5.69 Å². The minimum Gasteiger partial charge on any atom is -0.399 e. The molecule has 5 nitrogen and oxygen atoms in total. The highest BCUT2D eigenvalue weighted by molar-refractivity contribution is 6.37. The van der Waals surface area contributed by atoms with E-state index in [0.717, 1.165) is 6.21 Å². The highest BCUT2D eigenvalue weighted by Crippen LogP contribution is 2.07. The largest absolute Gasteiger partial charge is 0.399 e. The highest BCUT2D eigenvalue weighted by atomic mass is 19.1. The predicted octanol–water partition coefficient (Wildman–Crippen LogP) is 1.75. The van der Waals surface area contributed by atoms with Gasteiger partial charge in [0.25, 0.3) is 0 Å². The molecule has 1 rings (SSSR count). The van der Waals surface area contributed by atoms with Gasteiger partial charge in [-0.25, -0.2) is 4.39 Å². The first kappa shape index (κ1) is 11.7. The summed E-state index contributed by atoms with van der Waals surface area (Å²) in [7, 11) is 1.36. The van der Waals surface area contributed by atoms with Crippen molar-refractivity contribution in [3.8, 4) is 6.07 Å². The van der Waals surface area contributed by atoms with Crippen LogP contribution in [0.5, 0.6) is 0 Å². The van der Waals surface area contributed by atoms with E-state index in [-0.39, 0.29) is 11.5 Å². The number of benzene rings is 1. The third kappa shape index (κ3) is 3.75. The van der Waals surface area contributed by atoms with Crippen LogP contribution in [-0.2, 0) is 4.84 Å². The van der Waals surface area contributed by atoms with Gasteiger partial charge in [0, 0.05) is 0 Å². The van der Waals surface area contributed by atoms with E-state index in [1.165, 1.54) is 31.4 Å². The van der Waals surface area contributed by atoms with Crippen molar-refractivity contribution in [2.45, 2.75) is 0 Å². The van der Waals surface area contributed by atoms with Crippen molar-refractivity contribution in [3.63, 3.8) is 0 Å². The Morgan fingerprint density at radius 2 is 2.19 bits per heavy atom. The summed E-state index contributed by atoms with van der Waals surface area (Å²) in [6.07, 6.45) is 1.16. The number of nitrogens with zero attached hydrogens (tertiary/aromatic N) is 3. The average molecular weight is 220 g/mol. The molecule has 0 saturated heterocycles. The molecular formula is C10H9FN4O. The van der Waals surface area contributed by atoms with E-state index >= 15 is 0 Å². The smallest absolute Gasteiger partial charge is 0.182 e. The van der Waals surface area contributed by atoms with Crippen LogP contribution in [0, 0.1) is 17.1 Å². The summed E-state index contributed by atoms with van der Waals surface area (Å²) < 4.78 is 12.6. The Kier molecular flexibility index (Phi) is 4.47. The molecule has 0 fully saturated rings. The molecule has 0 heterocycles. The van der Waals surface area contributed by atoms with E-state index in [4.69, 9.17) is 5.26 Å². The average Bonchev–Trinajstić information content (AvgIpc) is 2.32. The molecule has 6 heteroatoms. The first-order valence-corrected chi connectivity index (χ1v) is 4.32. The number of hydrogen-bond donors (Lipinski definition) is 1. The molecule has 0 atom stereocenters. The molecule has 1 aromatic rings. The molecule has 16 heavy (non-hydrogen) atoms. The van der Waals surface area contributed by atoms with Crippen LogP contribution in [0.15, 0.2) is 34.5 Å². The zero-order valence-corrected chi connectivity index (χ0v) is 8.51. The summed E-state index contributed by atoms with van der Waals surface area (Å²) >= 11 is 0. The Labute approximate surface area is 91.8 Å². The molecule has 1 N–H and O–H groups in total. The van der Waals surface area contributed by atoms with Crippen LogP contribution in [0.3, 0.4) is 0 Å². The Morgan fingerprint density at radius 1 is 1.50 bits per heavy atom. The van der Waals surface area contributed by atoms with E-state index in [0.29, 0.717) is 5.69 Å². The topological polar surface area (TPSA) is 69.8 Å². The summed E-state index contributed by atoms with van der Waals surface area (Å²) in [6, 6.07) is 7.37. The van der Waals surface area contributed by atoms with E-state index in [1.807, 2.05) is 0 Å². The summed E-state index contributed by atoms with van der Waals surface area (Å²) in [4.78, 5) is 4.40. The number of anilines is 1. The third-order valence-corrected chi connectivity index (χ3v) is 1.54. The van der Waals surface area contributed by atoms with Gasteiger partial charge in [-0.1, -0.05) is 5.16 Å². The lowest BCUT2D eigenvalue weighted by Gasteiger charge is -1.98. The fourth-order valence-electron chi connectivity index (χ4n) is 0.835. The second kappa shape index (κ2) is 6.14. The van der Waals surface area contributed by atoms with E-state index in [9.17, 15) is 4.39 Å². The third-order valence-electron chi connectivity index (χ3n) is 1.54. The second-order valence-electron chi connectivity index (χ2n) is 2.64. The van der Waals surface area contributed by atoms with Gasteiger partial charge in [0.2, 0.25) is 0 Å². The number of hydrogen-bond acceptors (Lipinski definition) is 5. The van der Waals surface area contributed by atoms with Crippen LogP contribution in [0.1, 0.15) is 0 Å². The quantitative estimate of drug-likeness (QED) is 0.620. The Bertz CT molecular complexity index is 433. The molecule has 0 unspecified atom stereocenters. The summed E-state index contributed by atoms with van der Waals surface area (Å²) in [6.45, 7) is 0. The molecule has 0 bridgehead atoms. The number of hydrazone groups is 1. The monoisotopic (exact) mass is 220 g/mol. The van der Waals surface area contributed by atoms with E-state index in [2.05, 4.69) is 20.5 Å². The van der Waals surface area contributed by atoms with Gasteiger partial charge in [-0.15, -0.1) is 0 Å². The van der Waals surface area contributed by atoms with Crippen LogP contribution >= 0.6 is 0 Å². The molecule has 0 amide bonds. The van der Waals surface area contributed by atoms with Crippen molar-refractivity contribution >= 4 is 17.6 Å². The van der Waals surface area contributed by atoms with Crippen molar-refractivity contribution in [1.29, 1.82) is 5.26 Å². The molecule has 0 aliphatic rings.